The Morgan fingerprint density at radius 2 is 1.68 bits per heavy atom. The molecule has 0 unspecified atom stereocenters. The van der Waals surface area contributed by atoms with Gasteiger partial charge in [-0.1, -0.05) is 24.3 Å². The van der Waals surface area contributed by atoms with Crippen LogP contribution in [-0.4, -0.2) is 45.8 Å². The average molecular weight is 568 g/mol. The number of hydrogen-bond acceptors (Lipinski definition) is 7. The van der Waals surface area contributed by atoms with Crippen molar-refractivity contribution < 1.29 is 4.74 Å². The van der Waals surface area contributed by atoms with Crippen LogP contribution in [0.4, 0.5) is 11.5 Å². The number of pyridine rings is 2. The van der Waals surface area contributed by atoms with Gasteiger partial charge >= 0.3 is 0 Å². The third kappa shape index (κ3) is 5.03. The molecule has 210 valence electrons. The van der Waals surface area contributed by atoms with E-state index >= 15 is 0 Å². The van der Waals surface area contributed by atoms with Crippen molar-refractivity contribution in [2.45, 2.75) is 31.2 Å². The topological polar surface area (TPSA) is 108 Å². The van der Waals surface area contributed by atoms with Crippen molar-refractivity contribution >= 4 is 35.1 Å². The van der Waals surface area contributed by atoms with Crippen LogP contribution in [0.3, 0.4) is 0 Å². The molecule has 2 aliphatic rings. The van der Waals surface area contributed by atoms with Crippen LogP contribution in [0, 0.1) is 0 Å². The fraction of sp³-hybridized carbons (Fsp3) is 0.281. The van der Waals surface area contributed by atoms with Crippen LogP contribution in [0.25, 0.3) is 39.5 Å². The summed E-state index contributed by atoms with van der Waals surface area (Å²) in [5, 5.41) is 0. The van der Waals surface area contributed by atoms with E-state index in [1.165, 1.54) is 17.7 Å². The van der Waals surface area contributed by atoms with Gasteiger partial charge in [-0.05, 0) is 79.8 Å². The summed E-state index contributed by atoms with van der Waals surface area (Å²) in [4.78, 5) is 16.9. The molecule has 8 nitrogen and oxygen atoms in total. The maximum atomic E-state index is 6.62. The lowest BCUT2D eigenvalue weighted by molar-refractivity contribution is 0.152. The molecule has 2 aromatic carbocycles. The molecule has 0 radical (unpaired) electrons. The Morgan fingerprint density at radius 3 is 2.46 bits per heavy atom. The summed E-state index contributed by atoms with van der Waals surface area (Å²) >= 11 is 0. The molecule has 1 saturated heterocycles. The predicted molar refractivity (Wildman–Crippen MR) is 167 cm³/mol. The minimum absolute atomic E-state index is 0. The summed E-state index contributed by atoms with van der Waals surface area (Å²) in [5.74, 6) is 1.14. The number of nitrogens with zero attached hydrogens (tertiary/aromatic N) is 5. The Morgan fingerprint density at radius 1 is 0.829 bits per heavy atom. The number of nitrogens with two attached hydrogens (primary N) is 2. The quantitative estimate of drug-likeness (QED) is 0.280. The lowest BCUT2D eigenvalue weighted by Gasteiger charge is -2.38. The predicted octanol–water partition coefficient (Wildman–Crippen LogP) is 5.72. The summed E-state index contributed by atoms with van der Waals surface area (Å²) in [6.07, 6.45) is 5.93. The van der Waals surface area contributed by atoms with Gasteiger partial charge in [-0.3, -0.25) is 4.57 Å². The third-order valence-electron chi connectivity index (χ3n) is 8.26. The third-order valence-corrected chi connectivity index (χ3v) is 8.26. The second-order valence-electron chi connectivity index (χ2n) is 10.8. The first-order valence-electron chi connectivity index (χ1n) is 14.0. The summed E-state index contributed by atoms with van der Waals surface area (Å²) < 4.78 is 7.74. The molecule has 2 fully saturated rings. The van der Waals surface area contributed by atoms with Crippen molar-refractivity contribution in [3.05, 3.63) is 84.6 Å². The van der Waals surface area contributed by atoms with Gasteiger partial charge in [0.05, 0.1) is 17.9 Å². The number of fused-ring (bicyclic) bond motifs is 1. The molecule has 0 bridgehead atoms. The number of aromatic nitrogens is 4. The number of imidazole rings is 1. The number of ether oxygens (including phenoxy) is 1. The Labute approximate surface area is 245 Å². The molecule has 4 heterocycles. The second-order valence-corrected chi connectivity index (χ2v) is 10.8. The molecule has 5 aromatic rings. The highest BCUT2D eigenvalue weighted by atomic mass is 35.5. The summed E-state index contributed by atoms with van der Waals surface area (Å²) in [6.45, 7) is 3.44. The van der Waals surface area contributed by atoms with Gasteiger partial charge in [0.25, 0.3) is 0 Å². The maximum Gasteiger partial charge on any atom is 0.165 e. The Balaban J connectivity index is 0.00000302. The average Bonchev–Trinajstić information content (AvgIpc) is 3.13. The Bertz CT molecular complexity index is 1670. The lowest BCUT2D eigenvalue weighted by atomic mass is 9.73. The molecular weight excluding hydrogens is 534 g/mol. The first-order valence-corrected chi connectivity index (χ1v) is 14.0. The zero-order valence-electron chi connectivity index (χ0n) is 22.9. The highest BCUT2D eigenvalue weighted by Gasteiger charge is 2.34. The normalized spacial score (nSPS) is 16.6. The molecule has 0 spiro atoms. The van der Waals surface area contributed by atoms with E-state index in [9.17, 15) is 0 Å². The van der Waals surface area contributed by atoms with Gasteiger partial charge in [0, 0.05) is 48.4 Å². The molecule has 1 aliphatic carbocycles. The highest BCUT2D eigenvalue weighted by Crippen LogP contribution is 2.39. The van der Waals surface area contributed by atoms with E-state index in [0.29, 0.717) is 11.6 Å². The largest absolute Gasteiger partial charge is 0.383 e. The monoisotopic (exact) mass is 567 g/mol. The van der Waals surface area contributed by atoms with Crippen molar-refractivity contribution in [3.63, 3.8) is 0 Å². The molecule has 0 amide bonds. The van der Waals surface area contributed by atoms with E-state index in [-0.39, 0.29) is 17.9 Å². The van der Waals surface area contributed by atoms with Crippen LogP contribution >= 0.6 is 12.4 Å². The fourth-order valence-electron chi connectivity index (χ4n) is 5.80. The van der Waals surface area contributed by atoms with Gasteiger partial charge < -0.3 is 21.1 Å². The van der Waals surface area contributed by atoms with Gasteiger partial charge in [0.15, 0.2) is 11.5 Å². The fourth-order valence-corrected chi connectivity index (χ4v) is 5.80. The van der Waals surface area contributed by atoms with Gasteiger partial charge in [0.1, 0.15) is 11.3 Å². The zero-order valence-corrected chi connectivity index (χ0v) is 23.7. The number of anilines is 2. The molecular formula is C32H34ClN7O. The second kappa shape index (κ2) is 11.1. The van der Waals surface area contributed by atoms with Crippen molar-refractivity contribution in [1.82, 2.24) is 19.5 Å². The molecule has 1 saturated carbocycles. The molecule has 0 atom stereocenters. The van der Waals surface area contributed by atoms with Gasteiger partial charge in [-0.2, -0.15) is 0 Å². The minimum Gasteiger partial charge on any atom is -0.383 e. The minimum atomic E-state index is -0.220. The number of nitrogen functional groups attached to an aromatic ring is 1. The molecule has 3 aromatic heterocycles. The first kappa shape index (κ1) is 27.2. The molecule has 9 heteroatoms. The summed E-state index contributed by atoms with van der Waals surface area (Å²) in [5.41, 5.74) is 20.3. The van der Waals surface area contributed by atoms with E-state index in [4.69, 9.17) is 26.2 Å². The van der Waals surface area contributed by atoms with E-state index in [1.54, 1.807) is 6.20 Å². The van der Waals surface area contributed by atoms with Crippen LogP contribution in [0.15, 0.2) is 79.0 Å². The molecule has 7 rings (SSSR count). The van der Waals surface area contributed by atoms with Crippen molar-refractivity contribution in [3.8, 4) is 28.3 Å². The van der Waals surface area contributed by atoms with Gasteiger partial charge in [-0.25, -0.2) is 15.0 Å². The summed E-state index contributed by atoms with van der Waals surface area (Å²) in [6, 6.07) is 25.0. The number of rotatable bonds is 5. The van der Waals surface area contributed by atoms with Gasteiger partial charge in [0.2, 0.25) is 0 Å². The van der Waals surface area contributed by atoms with Crippen molar-refractivity contribution in [1.29, 1.82) is 0 Å². The van der Waals surface area contributed by atoms with Crippen LogP contribution < -0.4 is 16.4 Å². The standard InChI is InChI=1S/C32H33N7O.ClH/c33-29-26(7-2-16-35-29)30-37-28-13-12-27(22-5-1-6-25(21-22)38-17-4-19-40-20-18-38)36-31(28)39(30)24-10-8-23(9-11-24)32(34)14-3-15-32;/h1-2,5-13,16,21H,3-4,14-15,17-20,34H2,(H2,33,35);1H. The summed E-state index contributed by atoms with van der Waals surface area (Å²) in [7, 11) is 0. The van der Waals surface area contributed by atoms with Crippen molar-refractivity contribution in [2.24, 2.45) is 5.73 Å². The van der Waals surface area contributed by atoms with Crippen LogP contribution in [0.5, 0.6) is 0 Å². The van der Waals surface area contributed by atoms with Crippen LogP contribution in [0.1, 0.15) is 31.2 Å². The number of halogens is 1. The molecule has 4 N–H and O–H groups in total. The zero-order chi connectivity index (χ0) is 27.1. The SMILES string of the molecule is Cl.Nc1ncccc1-c1nc2ccc(-c3cccc(N4CCCOCC4)c3)nc2n1-c1ccc(C2(N)CCC2)cc1. The van der Waals surface area contributed by atoms with E-state index in [0.717, 1.165) is 79.2 Å². The Hall–Kier alpha value is -3.98. The molecule has 41 heavy (non-hydrogen) atoms. The van der Waals surface area contributed by atoms with Crippen LogP contribution in [-0.2, 0) is 10.3 Å². The Kier molecular flexibility index (Phi) is 7.38. The van der Waals surface area contributed by atoms with Crippen LogP contribution in [0.2, 0.25) is 0 Å². The highest BCUT2D eigenvalue weighted by molar-refractivity contribution is 5.85. The van der Waals surface area contributed by atoms with E-state index < -0.39 is 0 Å². The van der Waals surface area contributed by atoms with Gasteiger partial charge in [-0.15, -0.1) is 12.4 Å². The van der Waals surface area contributed by atoms with Crippen molar-refractivity contribution in [2.75, 3.05) is 36.9 Å². The lowest BCUT2D eigenvalue weighted by Crippen LogP contribution is -2.43. The van der Waals surface area contributed by atoms with E-state index in [1.807, 2.05) is 24.3 Å². The van der Waals surface area contributed by atoms with E-state index in [2.05, 4.69) is 63.0 Å². The first-order chi connectivity index (χ1) is 19.6. The maximum absolute atomic E-state index is 6.62. The number of hydrogen-bond donors (Lipinski definition) is 2. The number of benzene rings is 2. The smallest absolute Gasteiger partial charge is 0.165 e. The molecule has 1 aliphatic heterocycles.